The minimum absolute atomic E-state index is 0.0155. The van der Waals surface area contributed by atoms with Crippen LogP contribution in [0.5, 0.6) is 0 Å². The van der Waals surface area contributed by atoms with Crippen LogP contribution in [-0.2, 0) is 5.41 Å². The van der Waals surface area contributed by atoms with E-state index in [2.05, 4.69) is 26.1 Å². The van der Waals surface area contributed by atoms with Gasteiger partial charge in [-0.3, -0.25) is 14.9 Å². The van der Waals surface area contributed by atoms with E-state index >= 15 is 0 Å². The van der Waals surface area contributed by atoms with Crippen LogP contribution in [0.3, 0.4) is 0 Å². The first-order valence-electron chi connectivity index (χ1n) is 6.85. The van der Waals surface area contributed by atoms with Crippen LogP contribution in [0.25, 0.3) is 0 Å². The lowest BCUT2D eigenvalue weighted by Gasteiger charge is -2.19. The molecule has 5 nitrogen and oxygen atoms in total. The lowest BCUT2D eigenvalue weighted by Crippen LogP contribution is -2.12. The maximum atomic E-state index is 12.2. The van der Waals surface area contributed by atoms with Gasteiger partial charge in [0.05, 0.1) is 14.7 Å². The zero-order valence-electron chi connectivity index (χ0n) is 13.0. The number of carbonyl (C=O) groups excluding carboxylic acids is 1. The Bertz CT molecular complexity index is 712. The van der Waals surface area contributed by atoms with Crippen LogP contribution in [0.1, 0.15) is 40.9 Å². The van der Waals surface area contributed by atoms with Gasteiger partial charge < -0.3 is 5.32 Å². The van der Waals surface area contributed by atoms with E-state index in [-0.39, 0.29) is 17.0 Å². The Labute approximate surface area is 133 Å². The van der Waals surface area contributed by atoms with Crippen LogP contribution in [0.15, 0.2) is 30.3 Å². The van der Waals surface area contributed by atoms with E-state index in [1.54, 1.807) is 6.92 Å². The van der Waals surface area contributed by atoms with Gasteiger partial charge in [0.2, 0.25) is 0 Å². The Morgan fingerprint density at radius 1 is 1.23 bits per heavy atom. The van der Waals surface area contributed by atoms with Gasteiger partial charge in [-0.2, -0.15) is 0 Å². The summed E-state index contributed by atoms with van der Waals surface area (Å²) in [5.74, 6) is -0.329. The lowest BCUT2D eigenvalue weighted by atomic mass is 9.87. The van der Waals surface area contributed by atoms with Crippen molar-refractivity contribution in [2.24, 2.45) is 0 Å². The number of anilines is 1. The van der Waals surface area contributed by atoms with Crippen LogP contribution in [-0.4, -0.2) is 10.8 Å². The Hall–Kier alpha value is -2.21. The predicted molar refractivity (Wildman–Crippen MR) is 88.8 cm³/mol. The molecule has 1 aromatic carbocycles. The van der Waals surface area contributed by atoms with Gasteiger partial charge in [-0.25, -0.2) is 0 Å². The number of hydrogen-bond donors (Lipinski definition) is 1. The normalized spacial score (nSPS) is 11.3. The second-order valence-electron chi connectivity index (χ2n) is 6.09. The van der Waals surface area contributed by atoms with E-state index in [9.17, 15) is 14.9 Å². The van der Waals surface area contributed by atoms with Gasteiger partial charge in [-0.1, -0.05) is 32.9 Å². The highest BCUT2D eigenvalue weighted by Gasteiger charge is 2.20. The number of aryl methyl sites for hydroxylation is 1. The molecule has 0 aliphatic heterocycles. The fraction of sp³-hybridized carbons (Fsp3) is 0.312. The monoisotopic (exact) mass is 318 g/mol. The number of hydrogen-bond acceptors (Lipinski definition) is 4. The third-order valence-electron chi connectivity index (χ3n) is 3.32. The molecule has 0 aliphatic rings. The lowest BCUT2D eigenvalue weighted by molar-refractivity contribution is -0.385. The first-order chi connectivity index (χ1) is 10.2. The minimum atomic E-state index is -0.471. The first kappa shape index (κ1) is 16.2. The number of nitrogens with zero attached hydrogens (tertiary/aromatic N) is 1. The largest absolute Gasteiger partial charge is 0.321 e. The van der Waals surface area contributed by atoms with Crippen molar-refractivity contribution >= 4 is 28.6 Å². The summed E-state index contributed by atoms with van der Waals surface area (Å²) >= 11 is 1.12. The summed E-state index contributed by atoms with van der Waals surface area (Å²) in [6.45, 7) is 7.99. The summed E-state index contributed by atoms with van der Waals surface area (Å²) < 4.78 is 0. The van der Waals surface area contributed by atoms with Crippen LogP contribution in [0.4, 0.5) is 11.4 Å². The van der Waals surface area contributed by atoms with E-state index in [0.717, 1.165) is 11.3 Å². The number of carbonyl (C=O) groups is 1. The summed E-state index contributed by atoms with van der Waals surface area (Å²) in [7, 11) is 0. The maximum absolute atomic E-state index is 12.2. The summed E-state index contributed by atoms with van der Waals surface area (Å²) in [5.41, 5.74) is 1.88. The molecule has 0 radical (unpaired) electrons. The van der Waals surface area contributed by atoms with Crippen LogP contribution in [0, 0.1) is 17.0 Å². The van der Waals surface area contributed by atoms with Gasteiger partial charge in [0.15, 0.2) is 0 Å². The number of thiophene rings is 1. The molecule has 22 heavy (non-hydrogen) atoms. The third kappa shape index (κ3) is 3.51. The fourth-order valence-electron chi connectivity index (χ4n) is 2.01. The molecule has 0 fully saturated rings. The highest BCUT2D eigenvalue weighted by Crippen LogP contribution is 2.29. The van der Waals surface area contributed by atoms with Crippen molar-refractivity contribution in [2.45, 2.75) is 33.1 Å². The Kier molecular flexibility index (Phi) is 4.32. The quantitative estimate of drug-likeness (QED) is 0.668. The van der Waals surface area contributed by atoms with Gasteiger partial charge in [-0.05, 0) is 30.0 Å². The highest BCUT2D eigenvalue weighted by atomic mass is 32.1. The molecule has 0 spiro atoms. The molecule has 0 aliphatic carbocycles. The van der Waals surface area contributed by atoms with Crippen molar-refractivity contribution in [1.29, 1.82) is 0 Å². The molecular formula is C16H18N2O3S. The topological polar surface area (TPSA) is 72.2 Å². The molecule has 1 heterocycles. The highest BCUT2D eigenvalue weighted by molar-refractivity contribution is 7.14. The number of rotatable bonds is 3. The number of amides is 1. The molecule has 1 amide bonds. The standard InChI is InChI=1S/C16H18N2O3S/c1-10-13(18(20)21)9-14(22-10)15(19)17-12-7-5-11(6-8-12)16(2,3)4/h5-9H,1-4H3,(H,17,19). The van der Waals surface area contributed by atoms with Gasteiger partial charge in [0.25, 0.3) is 11.6 Å². The van der Waals surface area contributed by atoms with E-state index in [1.165, 1.54) is 11.6 Å². The Morgan fingerprint density at radius 2 is 1.82 bits per heavy atom. The molecule has 0 unspecified atom stereocenters. The second-order valence-corrected chi connectivity index (χ2v) is 7.35. The molecule has 116 valence electrons. The van der Waals surface area contributed by atoms with Crippen molar-refractivity contribution in [3.63, 3.8) is 0 Å². The van der Waals surface area contributed by atoms with E-state index < -0.39 is 4.92 Å². The second kappa shape index (κ2) is 5.88. The smallest absolute Gasteiger partial charge is 0.283 e. The van der Waals surface area contributed by atoms with Crippen molar-refractivity contribution < 1.29 is 9.72 Å². The fourth-order valence-corrected chi connectivity index (χ4v) is 2.89. The molecule has 0 saturated carbocycles. The number of benzene rings is 1. The zero-order valence-corrected chi connectivity index (χ0v) is 13.8. The molecule has 0 saturated heterocycles. The molecule has 0 atom stereocenters. The molecule has 1 aromatic heterocycles. The molecular weight excluding hydrogens is 300 g/mol. The summed E-state index contributed by atoms with van der Waals surface area (Å²) in [6.07, 6.45) is 0. The molecule has 6 heteroatoms. The van der Waals surface area contributed by atoms with Gasteiger partial charge >= 0.3 is 0 Å². The zero-order chi connectivity index (χ0) is 16.5. The maximum Gasteiger partial charge on any atom is 0.283 e. The van der Waals surface area contributed by atoms with E-state index in [4.69, 9.17) is 0 Å². The number of nitro groups is 1. The van der Waals surface area contributed by atoms with Crippen molar-refractivity contribution in [3.05, 3.63) is 55.8 Å². The van der Waals surface area contributed by atoms with Crippen LogP contribution < -0.4 is 5.32 Å². The van der Waals surface area contributed by atoms with E-state index in [1.807, 2.05) is 24.3 Å². The molecule has 2 aromatic rings. The summed E-state index contributed by atoms with van der Waals surface area (Å²) in [6, 6.07) is 8.94. The first-order valence-corrected chi connectivity index (χ1v) is 7.67. The predicted octanol–water partition coefficient (Wildman–Crippen LogP) is 4.51. The van der Waals surface area contributed by atoms with Gasteiger partial charge in [-0.15, -0.1) is 11.3 Å². The Balaban J connectivity index is 2.15. The van der Waals surface area contributed by atoms with E-state index in [0.29, 0.717) is 15.4 Å². The molecule has 2 rings (SSSR count). The minimum Gasteiger partial charge on any atom is -0.321 e. The average molecular weight is 318 g/mol. The van der Waals surface area contributed by atoms with Crippen LogP contribution in [0.2, 0.25) is 0 Å². The van der Waals surface area contributed by atoms with Crippen molar-refractivity contribution in [1.82, 2.24) is 0 Å². The van der Waals surface area contributed by atoms with Gasteiger partial charge in [0, 0.05) is 11.8 Å². The van der Waals surface area contributed by atoms with Gasteiger partial charge in [0.1, 0.15) is 0 Å². The summed E-state index contributed by atoms with van der Waals surface area (Å²) in [4.78, 5) is 23.4. The average Bonchev–Trinajstić information content (AvgIpc) is 2.80. The number of nitrogens with one attached hydrogen (secondary N) is 1. The summed E-state index contributed by atoms with van der Waals surface area (Å²) in [5, 5.41) is 13.6. The molecule has 0 bridgehead atoms. The third-order valence-corrected chi connectivity index (χ3v) is 4.36. The Morgan fingerprint density at radius 3 is 2.27 bits per heavy atom. The van der Waals surface area contributed by atoms with Crippen molar-refractivity contribution in [3.8, 4) is 0 Å². The van der Waals surface area contributed by atoms with Crippen molar-refractivity contribution in [2.75, 3.05) is 5.32 Å². The molecule has 1 N–H and O–H groups in total. The SMILES string of the molecule is Cc1sc(C(=O)Nc2ccc(C(C)(C)C)cc2)cc1[N+](=O)[O-]. The van der Waals surface area contributed by atoms with Crippen LogP contribution >= 0.6 is 11.3 Å².